The number of carbonyl (C=O) groups excluding carboxylic acids is 1. The molecule has 1 aliphatic heterocycles. The van der Waals surface area contributed by atoms with Crippen LogP contribution in [0.3, 0.4) is 0 Å². The molecule has 226 valence electrons. The van der Waals surface area contributed by atoms with E-state index in [1.165, 1.54) is 22.0 Å². The maximum Gasteiger partial charge on any atom is 0.416 e. The van der Waals surface area contributed by atoms with Crippen LogP contribution in [-0.4, -0.2) is 60.9 Å². The third-order valence-corrected chi connectivity index (χ3v) is 10.4. The number of halogens is 3. The highest BCUT2D eigenvalue weighted by Crippen LogP contribution is 2.36. The molecule has 1 amide bonds. The molecule has 2 aromatic carbocycles. The van der Waals surface area contributed by atoms with Crippen molar-refractivity contribution in [2.24, 2.45) is 0 Å². The molecule has 8 nitrogen and oxygen atoms in total. The topological polar surface area (TPSA) is 95.8 Å². The molecule has 12 heteroatoms. The summed E-state index contributed by atoms with van der Waals surface area (Å²) in [6.45, 7) is -0.0461. The van der Waals surface area contributed by atoms with Gasteiger partial charge < -0.3 is 14.7 Å². The Morgan fingerprint density at radius 1 is 1.10 bits per heavy atom. The number of nitrogens with one attached hydrogen (secondary N) is 1. The molecule has 1 aliphatic carbocycles. The van der Waals surface area contributed by atoms with E-state index in [0.29, 0.717) is 11.3 Å². The summed E-state index contributed by atoms with van der Waals surface area (Å²) in [6.07, 6.45) is -0.0628. The highest BCUT2D eigenvalue weighted by molar-refractivity contribution is 7.88. The number of likely N-dealkylation sites (N-methyl/N-ethyl adjacent to an activating group) is 1. The van der Waals surface area contributed by atoms with Crippen LogP contribution in [-0.2, 0) is 41.3 Å². The number of sulfonamides is 1. The van der Waals surface area contributed by atoms with Gasteiger partial charge in [-0.05, 0) is 63.4 Å². The molecule has 1 aromatic heterocycles. The Kier molecular flexibility index (Phi) is 8.51. The smallest absolute Gasteiger partial charge is 0.360 e. The first-order valence-corrected chi connectivity index (χ1v) is 15.6. The lowest BCUT2D eigenvalue weighted by atomic mass is 9.75. The van der Waals surface area contributed by atoms with E-state index in [1.807, 2.05) is 18.2 Å². The van der Waals surface area contributed by atoms with Gasteiger partial charge in [0.15, 0.2) is 5.69 Å². The molecule has 0 atom stereocenters. The van der Waals surface area contributed by atoms with Gasteiger partial charge in [0.05, 0.1) is 11.3 Å². The lowest BCUT2D eigenvalue weighted by Crippen LogP contribution is -2.52. The zero-order valence-corrected chi connectivity index (χ0v) is 24.5. The summed E-state index contributed by atoms with van der Waals surface area (Å²) in [5, 5.41) is 7.04. The van der Waals surface area contributed by atoms with Crippen molar-refractivity contribution in [1.82, 2.24) is 19.7 Å². The summed E-state index contributed by atoms with van der Waals surface area (Å²) in [5.74, 6) is -0.552. The molecule has 1 fully saturated rings. The third kappa shape index (κ3) is 6.55. The number of rotatable bonds is 8. The lowest BCUT2D eigenvalue weighted by molar-refractivity contribution is -0.137. The molecule has 2 heterocycles. The minimum atomic E-state index is -4.57. The molecule has 2 aliphatic rings. The van der Waals surface area contributed by atoms with Crippen LogP contribution < -0.4 is 5.32 Å². The lowest BCUT2D eigenvalue weighted by Gasteiger charge is -2.45. The van der Waals surface area contributed by atoms with Crippen molar-refractivity contribution < 1.29 is 30.9 Å². The summed E-state index contributed by atoms with van der Waals surface area (Å²) < 4.78 is 72.3. The first kappa shape index (κ1) is 30.2. The minimum absolute atomic E-state index is 0.00981. The van der Waals surface area contributed by atoms with Gasteiger partial charge in [-0.25, -0.2) is 8.42 Å². The molecule has 42 heavy (non-hydrogen) atoms. The zero-order chi connectivity index (χ0) is 30.1. The Labute approximate surface area is 243 Å². The third-order valence-electron chi connectivity index (χ3n) is 8.58. The molecule has 3 aromatic rings. The summed E-state index contributed by atoms with van der Waals surface area (Å²) in [4.78, 5) is 15.6. The maximum absolute atomic E-state index is 13.3. The second-order valence-corrected chi connectivity index (χ2v) is 13.5. The summed E-state index contributed by atoms with van der Waals surface area (Å²) in [5.41, 5.74) is 0.850. The van der Waals surface area contributed by atoms with Crippen molar-refractivity contribution in [3.05, 3.63) is 88.3 Å². The Morgan fingerprint density at radius 2 is 1.79 bits per heavy atom. The zero-order valence-electron chi connectivity index (χ0n) is 23.7. The van der Waals surface area contributed by atoms with Crippen molar-refractivity contribution in [2.75, 3.05) is 20.6 Å². The quantitative estimate of drug-likeness (QED) is 0.397. The second-order valence-electron chi connectivity index (χ2n) is 11.5. The van der Waals surface area contributed by atoms with Crippen LogP contribution in [0.4, 0.5) is 13.2 Å². The number of fused-ring (bicyclic) bond motifs is 1. The normalized spacial score (nSPS) is 21.7. The molecular formula is C30H35F3N4O4S. The molecule has 0 saturated heterocycles. The van der Waals surface area contributed by atoms with Gasteiger partial charge in [-0.3, -0.25) is 4.79 Å². The Balaban J connectivity index is 1.23. The molecule has 0 spiro atoms. The summed E-state index contributed by atoms with van der Waals surface area (Å²) >= 11 is 0. The van der Waals surface area contributed by atoms with Crippen LogP contribution >= 0.6 is 0 Å². The molecule has 0 bridgehead atoms. The first-order valence-electron chi connectivity index (χ1n) is 14.0. The van der Waals surface area contributed by atoms with Crippen molar-refractivity contribution in [3.63, 3.8) is 0 Å². The number of aromatic nitrogens is 1. The van der Waals surface area contributed by atoms with Crippen LogP contribution in [0.2, 0.25) is 0 Å². The van der Waals surface area contributed by atoms with E-state index < -0.39 is 33.4 Å². The number of hydrogen-bond donors (Lipinski definition) is 1. The van der Waals surface area contributed by atoms with Gasteiger partial charge in [0, 0.05) is 36.7 Å². The van der Waals surface area contributed by atoms with Crippen LogP contribution in [0.15, 0.2) is 59.1 Å². The first-order chi connectivity index (χ1) is 19.9. The number of alkyl halides is 3. The highest BCUT2D eigenvalue weighted by Gasteiger charge is 2.39. The number of benzene rings is 2. The Morgan fingerprint density at radius 3 is 2.45 bits per heavy atom. The van der Waals surface area contributed by atoms with Gasteiger partial charge >= 0.3 is 6.18 Å². The monoisotopic (exact) mass is 604 g/mol. The van der Waals surface area contributed by atoms with E-state index in [4.69, 9.17) is 4.52 Å². The molecular weight excluding hydrogens is 569 g/mol. The van der Waals surface area contributed by atoms with Crippen LogP contribution in [0.25, 0.3) is 0 Å². The van der Waals surface area contributed by atoms with Gasteiger partial charge in [-0.15, -0.1) is 0 Å². The van der Waals surface area contributed by atoms with Gasteiger partial charge in [0.25, 0.3) is 5.91 Å². The minimum Gasteiger partial charge on any atom is -0.360 e. The maximum atomic E-state index is 13.3. The molecule has 0 unspecified atom stereocenters. The predicted octanol–water partition coefficient (Wildman–Crippen LogP) is 4.80. The Bertz CT molecular complexity index is 1510. The van der Waals surface area contributed by atoms with Crippen molar-refractivity contribution in [3.8, 4) is 0 Å². The van der Waals surface area contributed by atoms with E-state index in [9.17, 15) is 26.4 Å². The molecule has 1 saturated carbocycles. The van der Waals surface area contributed by atoms with Crippen molar-refractivity contribution >= 4 is 15.9 Å². The number of carbonyl (C=O) groups is 1. The second kappa shape index (κ2) is 11.8. The van der Waals surface area contributed by atoms with Gasteiger partial charge in [-0.1, -0.05) is 53.7 Å². The molecule has 1 N–H and O–H groups in total. The van der Waals surface area contributed by atoms with Crippen LogP contribution in [0.5, 0.6) is 0 Å². The standard InChI is InChI=1S/C30H35F3N4O4S/c1-36(2)29(18-21-7-4-3-5-8-21)14-11-24(12-15-29)34-28(38)27-25-19-37(16-13-26(25)41-35-27)42(39,40)20-22-9-6-10-23(17-22)30(31,32)33/h3-10,17,24H,11-16,18-20H2,1-2H3,(H,34,38). The summed E-state index contributed by atoms with van der Waals surface area (Å²) in [6, 6.07) is 14.6. The SMILES string of the molecule is CN(C)C1(Cc2ccccc2)CCC(NC(=O)c2noc3c2CN(S(=O)(=O)Cc2cccc(C(F)(F)F)c2)CC3)CC1. The summed E-state index contributed by atoms with van der Waals surface area (Å²) in [7, 11) is 0.211. The van der Waals surface area contributed by atoms with Crippen LogP contribution in [0.1, 0.15) is 64.2 Å². The van der Waals surface area contributed by atoms with E-state index in [2.05, 4.69) is 41.6 Å². The largest absolute Gasteiger partial charge is 0.416 e. The number of amides is 1. The average Bonchev–Trinajstić information content (AvgIpc) is 3.38. The number of hydrogen-bond acceptors (Lipinski definition) is 6. The fraction of sp³-hybridized carbons (Fsp3) is 0.467. The molecule has 5 rings (SSSR count). The van der Waals surface area contributed by atoms with Crippen LogP contribution in [0, 0.1) is 0 Å². The average molecular weight is 605 g/mol. The van der Waals surface area contributed by atoms with Crippen molar-refractivity contribution in [1.29, 1.82) is 0 Å². The van der Waals surface area contributed by atoms with E-state index in [-0.39, 0.29) is 42.3 Å². The highest BCUT2D eigenvalue weighted by atomic mass is 32.2. The Hall–Kier alpha value is -3.22. The van der Waals surface area contributed by atoms with Gasteiger partial charge in [-0.2, -0.15) is 17.5 Å². The van der Waals surface area contributed by atoms with Gasteiger partial charge in [0.2, 0.25) is 10.0 Å². The van der Waals surface area contributed by atoms with Crippen molar-refractivity contribution in [2.45, 2.75) is 68.6 Å². The fourth-order valence-corrected chi connectivity index (χ4v) is 7.53. The predicted molar refractivity (Wildman–Crippen MR) is 151 cm³/mol. The van der Waals surface area contributed by atoms with E-state index in [0.717, 1.165) is 44.2 Å². The van der Waals surface area contributed by atoms with Gasteiger partial charge in [0.1, 0.15) is 5.76 Å². The molecule has 0 radical (unpaired) electrons. The van der Waals surface area contributed by atoms with E-state index in [1.54, 1.807) is 0 Å². The number of nitrogens with zero attached hydrogens (tertiary/aromatic N) is 3. The fourth-order valence-electron chi connectivity index (χ4n) is 6.05. The van der Waals surface area contributed by atoms with E-state index >= 15 is 0 Å².